The molecule has 0 fully saturated rings. The van der Waals surface area contributed by atoms with E-state index in [1.54, 1.807) is 36.4 Å². The SMILES string of the molecule is COc1ccccc1C(=O)NNC(=O)c1ccc(I)cc1. The molecule has 2 N–H and O–H groups in total. The molecular formula is C15H13IN2O3. The zero-order valence-corrected chi connectivity index (χ0v) is 13.4. The molecule has 2 rings (SSSR count). The fraction of sp³-hybridized carbons (Fsp3) is 0.0667. The molecule has 0 radical (unpaired) electrons. The molecule has 0 aromatic heterocycles. The largest absolute Gasteiger partial charge is 0.496 e. The molecule has 0 bridgehead atoms. The first-order chi connectivity index (χ1) is 10.1. The summed E-state index contributed by atoms with van der Waals surface area (Å²) in [5.74, 6) is -0.375. The van der Waals surface area contributed by atoms with Crippen molar-refractivity contribution >= 4 is 34.4 Å². The molecule has 0 saturated heterocycles. The van der Waals surface area contributed by atoms with Crippen LogP contribution in [0.1, 0.15) is 20.7 Å². The lowest BCUT2D eigenvalue weighted by Crippen LogP contribution is -2.41. The van der Waals surface area contributed by atoms with E-state index in [0.29, 0.717) is 16.9 Å². The van der Waals surface area contributed by atoms with Crippen LogP contribution in [0.3, 0.4) is 0 Å². The van der Waals surface area contributed by atoms with E-state index in [1.165, 1.54) is 7.11 Å². The Hall–Kier alpha value is -2.09. The monoisotopic (exact) mass is 396 g/mol. The third kappa shape index (κ3) is 3.94. The van der Waals surface area contributed by atoms with E-state index < -0.39 is 5.91 Å². The fourth-order valence-corrected chi connectivity index (χ4v) is 2.05. The molecule has 6 heteroatoms. The van der Waals surface area contributed by atoms with Crippen LogP contribution in [0.5, 0.6) is 5.75 Å². The molecule has 108 valence electrons. The van der Waals surface area contributed by atoms with Crippen molar-refractivity contribution in [3.63, 3.8) is 0 Å². The van der Waals surface area contributed by atoms with Crippen molar-refractivity contribution in [3.05, 3.63) is 63.2 Å². The maximum atomic E-state index is 12.0. The van der Waals surface area contributed by atoms with Crippen LogP contribution in [0.2, 0.25) is 0 Å². The average Bonchev–Trinajstić information content (AvgIpc) is 2.52. The number of amides is 2. The van der Waals surface area contributed by atoms with Crippen molar-refractivity contribution in [1.29, 1.82) is 0 Å². The van der Waals surface area contributed by atoms with Crippen molar-refractivity contribution in [2.75, 3.05) is 7.11 Å². The Balaban J connectivity index is 2.01. The van der Waals surface area contributed by atoms with Crippen LogP contribution in [0, 0.1) is 3.57 Å². The summed E-state index contributed by atoms with van der Waals surface area (Å²) in [7, 11) is 1.48. The maximum Gasteiger partial charge on any atom is 0.273 e. The molecule has 0 unspecified atom stereocenters. The van der Waals surface area contributed by atoms with Gasteiger partial charge in [-0.05, 0) is 59.0 Å². The Morgan fingerprint density at radius 2 is 1.57 bits per heavy atom. The Morgan fingerprint density at radius 1 is 0.952 bits per heavy atom. The molecule has 5 nitrogen and oxygen atoms in total. The fourth-order valence-electron chi connectivity index (χ4n) is 1.69. The number of benzene rings is 2. The summed E-state index contributed by atoms with van der Waals surface area (Å²) < 4.78 is 6.13. The van der Waals surface area contributed by atoms with Crippen molar-refractivity contribution in [2.45, 2.75) is 0 Å². The first-order valence-corrected chi connectivity index (χ1v) is 7.19. The summed E-state index contributed by atoms with van der Waals surface area (Å²) in [6, 6.07) is 13.8. The highest BCUT2D eigenvalue weighted by Gasteiger charge is 2.12. The predicted octanol–water partition coefficient (Wildman–Crippen LogP) is 2.37. The highest BCUT2D eigenvalue weighted by atomic mass is 127. The smallest absolute Gasteiger partial charge is 0.273 e. The number of hydrogen-bond acceptors (Lipinski definition) is 3. The van der Waals surface area contributed by atoms with Crippen LogP contribution < -0.4 is 15.6 Å². The van der Waals surface area contributed by atoms with Crippen LogP contribution >= 0.6 is 22.6 Å². The number of rotatable bonds is 3. The summed E-state index contributed by atoms with van der Waals surface area (Å²) in [5.41, 5.74) is 5.56. The summed E-state index contributed by atoms with van der Waals surface area (Å²) in [6.45, 7) is 0. The van der Waals surface area contributed by atoms with Gasteiger partial charge in [0.25, 0.3) is 11.8 Å². The number of halogens is 1. The van der Waals surface area contributed by atoms with Gasteiger partial charge in [0, 0.05) is 9.13 Å². The minimum Gasteiger partial charge on any atom is -0.496 e. The molecule has 0 saturated carbocycles. The third-order valence-corrected chi connectivity index (χ3v) is 3.47. The number of ether oxygens (including phenoxy) is 1. The minimum atomic E-state index is -0.439. The molecule has 0 atom stereocenters. The Bertz CT molecular complexity index is 656. The van der Waals surface area contributed by atoms with Gasteiger partial charge in [0.1, 0.15) is 5.75 Å². The van der Waals surface area contributed by atoms with Gasteiger partial charge in [0.2, 0.25) is 0 Å². The van der Waals surface area contributed by atoms with Gasteiger partial charge in [-0.3, -0.25) is 20.4 Å². The minimum absolute atomic E-state index is 0.350. The lowest BCUT2D eigenvalue weighted by Gasteiger charge is -2.10. The first-order valence-electron chi connectivity index (χ1n) is 6.11. The second kappa shape index (κ2) is 7.07. The number of methoxy groups -OCH3 is 1. The predicted molar refractivity (Wildman–Crippen MR) is 87.1 cm³/mol. The Kier molecular flexibility index (Phi) is 5.15. The van der Waals surface area contributed by atoms with Crippen LogP contribution in [-0.4, -0.2) is 18.9 Å². The number of hydrogen-bond donors (Lipinski definition) is 2. The summed E-state index contributed by atoms with van der Waals surface area (Å²) in [5, 5.41) is 0. The Labute approximate surface area is 135 Å². The Morgan fingerprint density at radius 3 is 2.24 bits per heavy atom. The molecule has 0 heterocycles. The van der Waals surface area contributed by atoms with Gasteiger partial charge < -0.3 is 4.74 Å². The van der Waals surface area contributed by atoms with Gasteiger partial charge in [-0.1, -0.05) is 12.1 Å². The first kappa shape index (κ1) is 15.3. The average molecular weight is 396 g/mol. The molecule has 0 aliphatic carbocycles. The highest BCUT2D eigenvalue weighted by molar-refractivity contribution is 14.1. The number of nitrogens with one attached hydrogen (secondary N) is 2. The third-order valence-electron chi connectivity index (χ3n) is 2.75. The molecule has 0 aliphatic heterocycles. The molecular weight excluding hydrogens is 383 g/mol. The molecule has 21 heavy (non-hydrogen) atoms. The van der Waals surface area contributed by atoms with Crippen molar-refractivity contribution in [2.24, 2.45) is 0 Å². The van der Waals surface area contributed by atoms with E-state index in [-0.39, 0.29) is 5.91 Å². The second-order valence-corrected chi connectivity index (χ2v) is 5.36. The van der Waals surface area contributed by atoms with Gasteiger partial charge >= 0.3 is 0 Å². The number of carbonyl (C=O) groups is 2. The number of carbonyl (C=O) groups excluding carboxylic acids is 2. The number of para-hydroxylation sites is 1. The molecule has 2 amide bonds. The van der Waals surface area contributed by atoms with Crippen molar-refractivity contribution in [1.82, 2.24) is 10.9 Å². The number of hydrazine groups is 1. The lowest BCUT2D eigenvalue weighted by molar-refractivity contribution is 0.0845. The van der Waals surface area contributed by atoms with E-state index in [1.807, 2.05) is 12.1 Å². The summed E-state index contributed by atoms with van der Waals surface area (Å²) in [6.07, 6.45) is 0. The lowest BCUT2D eigenvalue weighted by atomic mass is 10.2. The molecule has 0 spiro atoms. The second-order valence-electron chi connectivity index (χ2n) is 4.12. The van der Waals surface area contributed by atoms with Crippen molar-refractivity contribution < 1.29 is 14.3 Å². The highest BCUT2D eigenvalue weighted by Crippen LogP contribution is 2.16. The van der Waals surface area contributed by atoms with E-state index in [4.69, 9.17) is 4.74 Å². The van der Waals surface area contributed by atoms with Gasteiger partial charge in [-0.25, -0.2) is 0 Å². The van der Waals surface area contributed by atoms with Gasteiger partial charge in [-0.15, -0.1) is 0 Å². The van der Waals surface area contributed by atoms with Crippen molar-refractivity contribution in [3.8, 4) is 5.75 Å². The van der Waals surface area contributed by atoms with Crippen LogP contribution in [0.15, 0.2) is 48.5 Å². The summed E-state index contributed by atoms with van der Waals surface area (Å²) >= 11 is 2.15. The van der Waals surface area contributed by atoms with E-state index >= 15 is 0 Å². The molecule has 2 aromatic carbocycles. The maximum absolute atomic E-state index is 12.0. The zero-order chi connectivity index (χ0) is 15.2. The quantitative estimate of drug-likeness (QED) is 0.619. The van der Waals surface area contributed by atoms with E-state index in [2.05, 4.69) is 33.4 Å². The standard InChI is InChI=1S/C15H13IN2O3/c1-21-13-5-3-2-4-12(13)15(20)18-17-14(19)10-6-8-11(16)9-7-10/h2-9H,1H3,(H,17,19)(H,18,20). The van der Waals surface area contributed by atoms with E-state index in [9.17, 15) is 9.59 Å². The van der Waals surface area contributed by atoms with Crippen LogP contribution in [0.4, 0.5) is 0 Å². The van der Waals surface area contributed by atoms with Crippen LogP contribution in [-0.2, 0) is 0 Å². The van der Waals surface area contributed by atoms with Crippen LogP contribution in [0.25, 0.3) is 0 Å². The van der Waals surface area contributed by atoms with Gasteiger partial charge in [0.05, 0.1) is 12.7 Å². The summed E-state index contributed by atoms with van der Waals surface area (Å²) in [4.78, 5) is 23.9. The normalized spacial score (nSPS) is 9.81. The van der Waals surface area contributed by atoms with Gasteiger partial charge in [-0.2, -0.15) is 0 Å². The molecule has 0 aliphatic rings. The van der Waals surface area contributed by atoms with E-state index in [0.717, 1.165) is 3.57 Å². The molecule has 2 aromatic rings. The van der Waals surface area contributed by atoms with Gasteiger partial charge in [0.15, 0.2) is 0 Å². The zero-order valence-electron chi connectivity index (χ0n) is 11.2. The topological polar surface area (TPSA) is 67.4 Å².